The van der Waals surface area contributed by atoms with Crippen LogP contribution in [0.5, 0.6) is 0 Å². The summed E-state index contributed by atoms with van der Waals surface area (Å²) in [5.41, 5.74) is 0. The number of aliphatic hydroxyl groups is 3. The molecule has 0 aliphatic carbocycles. The molecule has 0 aliphatic heterocycles. The number of aliphatic hydroxyl groups excluding tert-OH is 3. The number of unbranched alkanes of at least 4 members (excludes halogenated alkanes) is 8. The first-order valence-corrected chi connectivity index (χ1v) is 11.9. The normalized spacial score (nSPS) is 10.4. The van der Waals surface area contributed by atoms with Crippen molar-refractivity contribution in [3.63, 3.8) is 0 Å². The molecule has 0 aliphatic rings. The van der Waals surface area contributed by atoms with Gasteiger partial charge in [0.2, 0.25) is 0 Å². The molecule has 0 unspecified atom stereocenters. The van der Waals surface area contributed by atoms with Gasteiger partial charge in [0.25, 0.3) is 0 Å². The minimum atomic E-state index is -4.67. The molecule has 188 valence electrons. The first-order chi connectivity index (χ1) is 13.6. The number of hydrogen-bond acceptors (Lipinski definition) is 8. The molecule has 0 aromatic heterocycles. The number of hydrogen-bond donors (Lipinski definition) is 8. The second-order valence-corrected chi connectivity index (χ2v) is 7.68. The van der Waals surface area contributed by atoms with Crippen LogP contribution in [0.25, 0.3) is 0 Å². The molecule has 13 nitrogen and oxygen atoms in total. The zero-order valence-electron chi connectivity index (χ0n) is 19.0. The fourth-order valence-electron chi connectivity index (χ4n) is 1.64. The zero-order chi connectivity index (χ0) is 24.6. The van der Waals surface area contributed by atoms with Gasteiger partial charge in [-0.2, -0.15) is 16.8 Å². The zero-order valence-corrected chi connectivity index (χ0v) is 21.6. The molecule has 0 saturated heterocycles. The molecule has 0 fully saturated rings. The van der Waals surface area contributed by atoms with Crippen LogP contribution in [0.15, 0.2) is 0 Å². The fraction of sp³-hybridized carbons (Fsp3) is 0.933. The van der Waals surface area contributed by atoms with E-state index in [0.717, 1.165) is 12.8 Å². The molecule has 0 saturated carbocycles. The van der Waals surface area contributed by atoms with E-state index >= 15 is 0 Å². The van der Waals surface area contributed by atoms with Crippen LogP contribution in [0.2, 0.25) is 0 Å². The van der Waals surface area contributed by atoms with E-state index in [1.54, 1.807) is 0 Å². The minimum absolute atomic E-state index is 0. The summed E-state index contributed by atoms with van der Waals surface area (Å²) in [4.78, 5) is 10.2. The Morgan fingerprint density at radius 3 is 1.19 bits per heavy atom. The van der Waals surface area contributed by atoms with Gasteiger partial charge in [0.15, 0.2) is 0 Å². The van der Waals surface area contributed by atoms with Crippen LogP contribution < -0.4 is 29.6 Å². The van der Waals surface area contributed by atoms with Gasteiger partial charge in [-0.25, -0.2) is 0 Å². The average molecular weight is 513 g/mol. The Hall–Kier alpha value is 0.0900. The Labute approximate surface area is 207 Å². The van der Waals surface area contributed by atoms with E-state index in [9.17, 15) is 4.79 Å². The molecule has 31 heavy (non-hydrogen) atoms. The Bertz CT molecular complexity index is 524. The second kappa shape index (κ2) is 28.1. The van der Waals surface area contributed by atoms with Crippen molar-refractivity contribution in [2.45, 2.75) is 77.2 Å². The van der Waals surface area contributed by atoms with Crippen molar-refractivity contribution >= 4 is 26.8 Å². The summed E-state index contributed by atoms with van der Waals surface area (Å²) in [5, 5.41) is 32.4. The first-order valence-electron chi connectivity index (χ1n) is 9.09. The maximum atomic E-state index is 10.2. The Morgan fingerprint density at radius 2 is 1.00 bits per heavy atom. The van der Waals surface area contributed by atoms with E-state index < -0.39 is 32.9 Å². The summed E-state index contributed by atoms with van der Waals surface area (Å²) in [7, 11) is -9.33. The molecule has 0 bridgehead atoms. The number of carboxylic acids is 1. The van der Waals surface area contributed by atoms with Crippen LogP contribution in [0.3, 0.4) is 0 Å². The summed E-state index contributed by atoms with van der Waals surface area (Å²) in [6.45, 7) is 1.50. The van der Waals surface area contributed by atoms with Crippen LogP contribution >= 0.6 is 0 Å². The Balaban J connectivity index is -0.0000000787. The van der Waals surface area contributed by atoms with E-state index in [-0.39, 0.29) is 44.2 Å². The molecule has 0 aromatic rings. The molecule has 0 atom stereocenters. The molecule has 0 rings (SSSR count). The monoisotopic (exact) mass is 512 g/mol. The van der Waals surface area contributed by atoms with Gasteiger partial charge in [0.05, 0.1) is 13.2 Å². The van der Waals surface area contributed by atoms with Crippen molar-refractivity contribution in [1.29, 1.82) is 0 Å². The van der Waals surface area contributed by atoms with Crippen LogP contribution in [0, 0.1) is 0 Å². The summed E-state index contributed by atoms with van der Waals surface area (Å²) in [6, 6.07) is 0. The smallest absolute Gasteiger partial charge is 1.00 e. The summed E-state index contributed by atoms with van der Waals surface area (Å²) in [6.07, 6.45) is 10.5. The van der Waals surface area contributed by atoms with Crippen LogP contribution in [0.1, 0.15) is 72.6 Å². The molecule has 16 heteroatoms. The van der Waals surface area contributed by atoms with Gasteiger partial charge in [-0.1, -0.05) is 58.3 Å². The molecule has 0 spiro atoms. The van der Waals surface area contributed by atoms with Gasteiger partial charge >= 0.3 is 56.3 Å². The summed E-state index contributed by atoms with van der Waals surface area (Å²) >= 11 is 0. The third-order valence-electron chi connectivity index (χ3n) is 2.92. The maximum absolute atomic E-state index is 10.2. The number of rotatable bonds is 12. The predicted molar refractivity (Wildman–Crippen MR) is 109 cm³/mol. The van der Waals surface area contributed by atoms with Crippen molar-refractivity contribution in [2.24, 2.45) is 0 Å². The largest absolute Gasteiger partial charge is 1.00 e. The van der Waals surface area contributed by atoms with Gasteiger partial charge < -0.3 is 21.9 Å². The second-order valence-electron chi connectivity index (χ2n) is 5.89. The third kappa shape index (κ3) is 104. The third-order valence-corrected chi connectivity index (χ3v) is 2.92. The SMILES string of the molecule is CCCCCCCCCCCC(=O)O.O=S(=O)(O)O.O=S(=O)(O)O.OCC(O)CO.[H-].[Na+]. The molecule has 0 heterocycles. The number of carboxylic acid groups (broad SMARTS) is 1. The van der Waals surface area contributed by atoms with Gasteiger partial charge in [-0.15, -0.1) is 0 Å². The molecular weight excluding hydrogens is 475 g/mol. The number of aliphatic carboxylic acids is 1. The van der Waals surface area contributed by atoms with Gasteiger partial charge in [0, 0.05) is 6.42 Å². The maximum Gasteiger partial charge on any atom is 1.00 e. The quantitative estimate of drug-likeness (QED) is 0.0812. The van der Waals surface area contributed by atoms with E-state index in [1.807, 2.05) is 0 Å². The van der Waals surface area contributed by atoms with E-state index in [2.05, 4.69) is 6.92 Å². The first kappa shape index (κ1) is 41.4. The topological polar surface area (TPSA) is 247 Å². The van der Waals surface area contributed by atoms with E-state index in [4.69, 9.17) is 55.5 Å². The van der Waals surface area contributed by atoms with Crippen LogP contribution in [0.4, 0.5) is 0 Å². The van der Waals surface area contributed by atoms with Crippen LogP contribution in [-0.2, 0) is 25.6 Å². The Kier molecular flexibility index (Phi) is 37.5. The Morgan fingerprint density at radius 1 is 0.742 bits per heavy atom. The van der Waals surface area contributed by atoms with Gasteiger partial charge in [-0.05, 0) is 6.42 Å². The van der Waals surface area contributed by atoms with Crippen molar-refractivity contribution in [3.8, 4) is 0 Å². The average Bonchev–Trinajstić information content (AvgIpc) is 2.57. The summed E-state index contributed by atoms with van der Waals surface area (Å²) < 4.78 is 63.2. The summed E-state index contributed by atoms with van der Waals surface area (Å²) in [5.74, 6) is -0.659. The van der Waals surface area contributed by atoms with E-state index in [0.29, 0.717) is 6.42 Å². The molecule has 8 N–H and O–H groups in total. The van der Waals surface area contributed by atoms with Gasteiger partial charge in [0.1, 0.15) is 6.10 Å². The van der Waals surface area contributed by atoms with Crippen molar-refractivity contribution in [2.75, 3.05) is 13.2 Å². The van der Waals surface area contributed by atoms with Gasteiger partial charge in [-0.3, -0.25) is 23.0 Å². The van der Waals surface area contributed by atoms with Crippen LogP contribution in [-0.4, -0.2) is 80.8 Å². The standard InChI is InChI=1S/C12H24O2.C3H8O3.Na.2H2O4S.H/c1-2-3-4-5-6-7-8-9-10-11-12(13)14;4-1-3(6)2-5;;2*1-5(2,3)4;/h2-11H2,1H3,(H,13,14);3-6H,1-2H2;;2*(H2,1,2,3,4);/q;;+1;;;-1. The fourth-order valence-corrected chi connectivity index (χ4v) is 1.64. The van der Waals surface area contributed by atoms with Crippen molar-refractivity contribution in [3.05, 3.63) is 0 Å². The molecule has 0 radical (unpaired) electrons. The molecule has 0 amide bonds. The molecule has 0 aromatic carbocycles. The molecular formula is C15H37NaO13S2. The predicted octanol–water partition coefficient (Wildman–Crippen LogP) is -1.87. The van der Waals surface area contributed by atoms with E-state index in [1.165, 1.54) is 44.9 Å². The number of carbonyl (C=O) groups is 1. The minimum Gasteiger partial charge on any atom is -1.00 e. The van der Waals surface area contributed by atoms with Crippen molar-refractivity contribution < 1.29 is 91.3 Å². The van der Waals surface area contributed by atoms with Crippen molar-refractivity contribution in [1.82, 2.24) is 0 Å².